The topological polar surface area (TPSA) is 92.7 Å². The van der Waals surface area contributed by atoms with Crippen molar-refractivity contribution in [3.05, 3.63) is 41.0 Å². The first-order valence-electron chi connectivity index (χ1n) is 9.66. The van der Waals surface area contributed by atoms with E-state index in [1.54, 1.807) is 14.2 Å². The SMILES string of the molecule is COc1cc([C@@H]2c3cc4c(cc3[C@@H]3OC(=O)[C@H]2[C@@H]3CO)OCO4)cc(OC)c1OC. The summed E-state index contributed by atoms with van der Waals surface area (Å²) in [6.45, 7) is -0.0275. The smallest absolute Gasteiger partial charge is 0.311 e. The van der Waals surface area contributed by atoms with Crippen molar-refractivity contribution < 1.29 is 38.3 Å². The molecule has 1 fully saturated rings. The summed E-state index contributed by atoms with van der Waals surface area (Å²) in [5.41, 5.74) is 2.52. The third-order valence-electron chi connectivity index (χ3n) is 6.20. The zero-order valence-corrected chi connectivity index (χ0v) is 16.8. The molecule has 2 aromatic rings. The highest BCUT2D eigenvalue weighted by Crippen LogP contribution is 2.58. The van der Waals surface area contributed by atoms with Gasteiger partial charge < -0.3 is 33.5 Å². The number of aliphatic hydroxyl groups is 1. The molecule has 0 radical (unpaired) electrons. The Hall–Kier alpha value is -3.13. The Bertz CT molecular complexity index is 991. The lowest BCUT2D eigenvalue weighted by molar-refractivity contribution is -0.144. The molecule has 4 atom stereocenters. The van der Waals surface area contributed by atoms with Crippen LogP contribution >= 0.6 is 0 Å². The zero-order chi connectivity index (χ0) is 21.0. The summed E-state index contributed by atoms with van der Waals surface area (Å²) in [5.74, 6) is 1.05. The molecule has 3 aliphatic rings. The molecule has 0 saturated carbocycles. The Kier molecular flexibility index (Phi) is 4.39. The molecule has 2 aromatic carbocycles. The Morgan fingerprint density at radius 1 is 0.967 bits per heavy atom. The Morgan fingerprint density at radius 2 is 1.60 bits per heavy atom. The summed E-state index contributed by atoms with van der Waals surface area (Å²) in [5, 5.41) is 10.1. The van der Waals surface area contributed by atoms with Crippen LogP contribution in [0.2, 0.25) is 0 Å². The molecule has 2 bridgehead atoms. The molecule has 5 rings (SSSR count). The zero-order valence-electron chi connectivity index (χ0n) is 16.8. The molecule has 8 heteroatoms. The predicted octanol–water partition coefficient (Wildman–Crippen LogP) is 2.41. The number of hydrogen-bond donors (Lipinski definition) is 1. The highest BCUT2D eigenvalue weighted by Gasteiger charge is 2.55. The van der Waals surface area contributed by atoms with E-state index < -0.39 is 12.0 Å². The summed E-state index contributed by atoms with van der Waals surface area (Å²) >= 11 is 0. The second-order valence-corrected chi connectivity index (χ2v) is 7.50. The largest absolute Gasteiger partial charge is 0.493 e. The average Bonchev–Trinajstić information content (AvgIpc) is 3.33. The maximum atomic E-state index is 12.9. The number of aliphatic hydroxyl groups excluding tert-OH is 1. The van der Waals surface area contributed by atoms with Crippen molar-refractivity contribution in [1.82, 2.24) is 0 Å². The van der Waals surface area contributed by atoms with Crippen LogP contribution in [0.15, 0.2) is 24.3 Å². The van der Waals surface area contributed by atoms with Gasteiger partial charge in [0, 0.05) is 17.4 Å². The molecule has 0 spiro atoms. The first-order valence-corrected chi connectivity index (χ1v) is 9.66. The average molecular weight is 414 g/mol. The van der Waals surface area contributed by atoms with Gasteiger partial charge in [-0.05, 0) is 35.4 Å². The van der Waals surface area contributed by atoms with Crippen LogP contribution in [0.1, 0.15) is 28.7 Å². The molecule has 2 heterocycles. The van der Waals surface area contributed by atoms with Crippen LogP contribution in [0.5, 0.6) is 28.7 Å². The van der Waals surface area contributed by atoms with Gasteiger partial charge in [-0.25, -0.2) is 0 Å². The minimum absolute atomic E-state index is 0.143. The predicted molar refractivity (Wildman–Crippen MR) is 103 cm³/mol. The molecule has 30 heavy (non-hydrogen) atoms. The maximum absolute atomic E-state index is 12.9. The standard InChI is InChI=1S/C22H22O8/c1-25-16-4-10(5-17(26-2)21(16)27-3)18-11-6-14-15(29-9-28-14)7-12(11)20-13(8-23)19(18)22(24)30-20/h4-7,13,18-20,23H,8-9H2,1-3H3/t13-,18+,19-,20-/m0/s1. The normalized spacial score (nSPS) is 25.5. The van der Waals surface area contributed by atoms with Crippen LogP contribution in [0.4, 0.5) is 0 Å². The molecule has 2 aliphatic heterocycles. The molecule has 0 unspecified atom stereocenters. The van der Waals surface area contributed by atoms with E-state index in [0.717, 1.165) is 16.7 Å². The number of hydrogen-bond acceptors (Lipinski definition) is 8. The number of rotatable bonds is 5. The van der Waals surface area contributed by atoms with Gasteiger partial charge in [0.15, 0.2) is 23.0 Å². The van der Waals surface area contributed by atoms with Crippen molar-refractivity contribution in [3.63, 3.8) is 0 Å². The molecule has 158 valence electrons. The van der Waals surface area contributed by atoms with Gasteiger partial charge in [-0.1, -0.05) is 0 Å². The first-order chi connectivity index (χ1) is 14.6. The lowest BCUT2D eigenvalue weighted by atomic mass is 9.67. The number of fused-ring (bicyclic) bond motifs is 5. The summed E-state index contributed by atoms with van der Waals surface area (Å²) in [6.07, 6.45) is -0.518. The number of carbonyl (C=O) groups is 1. The van der Waals surface area contributed by atoms with Crippen molar-refractivity contribution in [2.45, 2.75) is 12.0 Å². The van der Waals surface area contributed by atoms with E-state index in [1.807, 2.05) is 24.3 Å². The third kappa shape index (κ3) is 2.53. The van der Waals surface area contributed by atoms with Crippen LogP contribution in [-0.4, -0.2) is 45.8 Å². The number of methoxy groups -OCH3 is 3. The van der Waals surface area contributed by atoms with Gasteiger partial charge in [-0.15, -0.1) is 0 Å². The summed E-state index contributed by atoms with van der Waals surface area (Å²) in [6, 6.07) is 7.42. The van der Waals surface area contributed by atoms with Crippen LogP contribution in [0, 0.1) is 11.8 Å². The van der Waals surface area contributed by atoms with Crippen molar-refractivity contribution in [2.75, 3.05) is 34.7 Å². The number of benzene rings is 2. The minimum Gasteiger partial charge on any atom is -0.493 e. The minimum atomic E-state index is -0.546. The summed E-state index contributed by atoms with van der Waals surface area (Å²) in [4.78, 5) is 12.9. The second-order valence-electron chi connectivity index (χ2n) is 7.50. The highest BCUT2D eigenvalue weighted by atomic mass is 16.7. The molecular formula is C22H22O8. The van der Waals surface area contributed by atoms with Gasteiger partial charge in [0.05, 0.1) is 33.9 Å². The van der Waals surface area contributed by atoms with Gasteiger partial charge in [0.1, 0.15) is 6.10 Å². The quantitative estimate of drug-likeness (QED) is 0.746. The van der Waals surface area contributed by atoms with Crippen LogP contribution in [0.3, 0.4) is 0 Å². The maximum Gasteiger partial charge on any atom is 0.311 e. The molecule has 1 aliphatic carbocycles. The van der Waals surface area contributed by atoms with Gasteiger partial charge >= 0.3 is 5.97 Å². The van der Waals surface area contributed by atoms with E-state index in [9.17, 15) is 9.90 Å². The third-order valence-corrected chi connectivity index (χ3v) is 6.20. The van der Waals surface area contributed by atoms with Crippen LogP contribution in [-0.2, 0) is 9.53 Å². The summed E-state index contributed by atoms with van der Waals surface area (Å²) in [7, 11) is 4.63. The summed E-state index contributed by atoms with van der Waals surface area (Å²) < 4.78 is 33.3. The Balaban J connectivity index is 1.75. The number of ether oxygens (including phenoxy) is 6. The Morgan fingerprint density at radius 3 is 2.17 bits per heavy atom. The van der Waals surface area contributed by atoms with Crippen molar-refractivity contribution >= 4 is 5.97 Å². The van der Waals surface area contributed by atoms with Crippen LogP contribution < -0.4 is 23.7 Å². The Labute approximate surface area is 173 Å². The monoisotopic (exact) mass is 414 g/mol. The fourth-order valence-electron chi connectivity index (χ4n) is 4.89. The van der Waals surface area contributed by atoms with E-state index >= 15 is 0 Å². The first kappa shape index (κ1) is 18.9. The van der Waals surface area contributed by atoms with E-state index in [0.29, 0.717) is 28.7 Å². The van der Waals surface area contributed by atoms with Crippen molar-refractivity contribution in [3.8, 4) is 28.7 Å². The van der Waals surface area contributed by atoms with Crippen LogP contribution in [0.25, 0.3) is 0 Å². The fourth-order valence-corrected chi connectivity index (χ4v) is 4.89. The number of carbonyl (C=O) groups excluding carboxylic acids is 1. The van der Waals surface area contributed by atoms with E-state index in [4.69, 9.17) is 28.4 Å². The van der Waals surface area contributed by atoms with Gasteiger partial charge in [0.25, 0.3) is 0 Å². The lowest BCUT2D eigenvalue weighted by Crippen LogP contribution is -2.32. The highest BCUT2D eigenvalue weighted by molar-refractivity contribution is 5.80. The van der Waals surface area contributed by atoms with Gasteiger partial charge in [-0.2, -0.15) is 0 Å². The molecule has 0 aromatic heterocycles. The molecule has 1 N–H and O–H groups in total. The second kappa shape index (κ2) is 6.98. The molecular weight excluding hydrogens is 392 g/mol. The molecule has 1 saturated heterocycles. The van der Waals surface area contributed by atoms with Gasteiger partial charge in [0.2, 0.25) is 12.5 Å². The van der Waals surface area contributed by atoms with E-state index in [2.05, 4.69) is 0 Å². The van der Waals surface area contributed by atoms with Gasteiger partial charge in [-0.3, -0.25) is 4.79 Å². The lowest BCUT2D eigenvalue weighted by Gasteiger charge is -2.34. The van der Waals surface area contributed by atoms with E-state index in [-0.39, 0.29) is 31.2 Å². The molecule has 0 amide bonds. The molecule has 8 nitrogen and oxygen atoms in total. The van der Waals surface area contributed by atoms with Crippen molar-refractivity contribution in [1.29, 1.82) is 0 Å². The fraction of sp³-hybridized carbons (Fsp3) is 0.409. The number of esters is 1. The van der Waals surface area contributed by atoms with Crippen molar-refractivity contribution in [2.24, 2.45) is 11.8 Å². The van der Waals surface area contributed by atoms with E-state index in [1.165, 1.54) is 7.11 Å².